The van der Waals surface area contributed by atoms with Crippen molar-refractivity contribution in [2.45, 2.75) is 121 Å². The number of piperidine rings is 1. The standard InChI is InChI=1S/C36H55N5O7S/c1-22(2)28(21-49(47,48)26-14-10-7-11-15-26)39-35(46)40-30(25-12-8-6-9-13-25)34(45)41-20-23(3)36(4,5)19-29(41)33(44)38-27(18-24-16-17-24)31(42)32(37)43/h7,10-11,14-15,22-25,27-30H,6,8-9,12-13,16-21H2,1-5H3,(H2,37,43)(H,38,44)(H2,39,40,46)/t23?,27?,28-,29+,30+/m1/s1. The van der Waals surface area contributed by atoms with E-state index in [-0.39, 0.29) is 52.2 Å². The van der Waals surface area contributed by atoms with Crippen LogP contribution in [0.5, 0.6) is 0 Å². The molecule has 0 radical (unpaired) electrons. The van der Waals surface area contributed by atoms with Crippen LogP contribution in [0.15, 0.2) is 35.2 Å². The van der Waals surface area contributed by atoms with Gasteiger partial charge < -0.3 is 26.6 Å². The molecule has 0 bridgehead atoms. The third kappa shape index (κ3) is 10.0. The summed E-state index contributed by atoms with van der Waals surface area (Å²) in [6.45, 7) is 10.0. The summed E-state index contributed by atoms with van der Waals surface area (Å²) >= 11 is 0. The second kappa shape index (κ2) is 16.0. The van der Waals surface area contributed by atoms with Gasteiger partial charge in [0.15, 0.2) is 9.84 Å². The van der Waals surface area contributed by atoms with E-state index in [1.165, 1.54) is 17.0 Å². The van der Waals surface area contributed by atoms with Gasteiger partial charge in [-0.1, -0.05) is 84.9 Å². The predicted molar refractivity (Wildman–Crippen MR) is 186 cm³/mol. The van der Waals surface area contributed by atoms with Crippen molar-refractivity contribution in [3.8, 4) is 0 Å². The minimum Gasteiger partial charge on any atom is -0.363 e. The second-order valence-corrected chi connectivity index (χ2v) is 17.5. The van der Waals surface area contributed by atoms with Gasteiger partial charge in [-0.2, -0.15) is 0 Å². The van der Waals surface area contributed by atoms with Crippen LogP contribution in [0.3, 0.4) is 0 Å². The molecule has 1 aliphatic heterocycles. The number of rotatable bonds is 14. The van der Waals surface area contributed by atoms with E-state index >= 15 is 0 Å². The maximum atomic E-state index is 14.6. The highest BCUT2D eigenvalue weighted by Crippen LogP contribution is 2.40. The molecular weight excluding hydrogens is 646 g/mol. The minimum absolute atomic E-state index is 0.0179. The number of nitrogens with two attached hydrogens (primary N) is 1. The van der Waals surface area contributed by atoms with Crippen molar-refractivity contribution in [2.75, 3.05) is 12.3 Å². The largest absolute Gasteiger partial charge is 0.363 e. The number of carbonyl (C=O) groups is 5. The Morgan fingerprint density at radius 3 is 2.14 bits per heavy atom. The topological polar surface area (TPSA) is 185 Å². The van der Waals surface area contributed by atoms with E-state index in [1.54, 1.807) is 18.2 Å². The van der Waals surface area contributed by atoms with E-state index in [0.29, 0.717) is 12.8 Å². The fourth-order valence-corrected chi connectivity index (χ4v) is 8.76. The Morgan fingerprint density at radius 1 is 0.939 bits per heavy atom. The van der Waals surface area contributed by atoms with Crippen LogP contribution < -0.4 is 21.7 Å². The minimum atomic E-state index is -3.71. The number of nitrogens with zero attached hydrogens (tertiary/aromatic N) is 1. The number of hydrogen-bond donors (Lipinski definition) is 4. The molecule has 1 aromatic rings. The first-order valence-electron chi connectivity index (χ1n) is 17.8. The summed E-state index contributed by atoms with van der Waals surface area (Å²) in [5.41, 5.74) is 5.00. The molecule has 5 atom stereocenters. The lowest BCUT2D eigenvalue weighted by molar-refractivity contribution is -0.150. The van der Waals surface area contributed by atoms with Gasteiger partial charge in [-0.3, -0.25) is 19.2 Å². The maximum absolute atomic E-state index is 14.6. The van der Waals surface area contributed by atoms with Gasteiger partial charge in [0.2, 0.25) is 17.6 Å². The molecule has 12 nitrogen and oxygen atoms in total. The first kappa shape index (κ1) is 38.3. The molecule has 2 unspecified atom stereocenters. The lowest BCUT2D eigenvalue weighted by Gasteiger charge is -2.48. The summed E-state index contributed by atoms with van der Waals surface area (Å²) in [5, 5.41) is 8.52. The fourth-order valence-electron chi connectivity index (χ4n) is 7.05. The first-order chi connectivity index (χ1) is 23.0. The lowest BCUT2D eigenvalue weighted by Crippen LogP contribution is -2.64. The molecule has 1 heterocycles. The summed E-state index contributed by atoms with van der Waals surface area (Å²) in [4.78, 5) is 68.5. The SMILES string of the molecule is CC(C)[C@@H](CS(=O)(=O)c1ccccc1)NC(=O)N[C@H](C(=O)N1CC(C)C(C)(C)C[C@H]1C(=O)NC(CC1CC1)C(=O)C(N)=O)C1CCCCC1. The molecule has 1 saturated heterocycles. The number of carbonyl (C=O) groups excluding carboxylic acids is 5. The van der Waals surface area contributed by atoms with Crippen LogP contribution in [-0.2, 0) is 29.0 Å². The van der Waals surface area contributed by atoms with Crippen LogP contribution in [0.1, 0.15) is 92.4 Å². The number of sulfone groups is 1. The molecule has 13 heteroatoms. The van der Waals surface area contributed by atoms with Crippen LogP contribution in [0.4, 0.5) is 4.79 Å². The van der Waals surface area contributed by atoms with E-state index in [1.807, 2.05) is 34.6 Å². The van der Waals surface area contributed by atoms with Crippen molar-refractivity contribution in [1.82, 2.24) is 20.9 Å². The van der Waals surface area contributed by atoms with Crippen molar-refractivity contribution in [3.63, 3.8) is 0 Å². The molecule has 4 rings (SSSR count). The Bertz CT molecular complexity index is 1470. The number of ketones is 1. The Labute approximate surface area is 291 Å². The van der Waals surface area contributed by atoms with Gasteiger partial charge in [0.25, 0.3) is 5.91 Å². The van der Waals surface area contributed by atoms with Crippen molar-refractivity contribution in [3.05, 3.63) is 30.3 Å². The maximum Gasteiger partial charge on any atom is 0.315 e. The number of urea groups is 1. The fraction of sp³-hybridized carbons (Fsp3) is 0.694. The Morgan fingerprint density at radius 2 is 1.57 bits per heavy atom. The Balaban J connectivity index is 1.57. The summed E-state index contributed by atoms with van der Waals surface area (Å²) in [5.74, 6) is -3.34. The smallest absolute Gasteiger partial charge is 0.315 e. The highest BCUT2D eigenvalue weighted by atomic mass is 32.2. The number of amides is 5. The zero-order valence-corrected chi connectivity index (χ0v) is 30.4. The third-order valence-corrected chi connectivity index (χ3v) is 12.7. The monoisotopic (exact) mass is 701 g/mol. The highest BCUT2D eigenvalue weighted by Gasteiger charge is 2.47. The molecule has 1 aromatic carbocycles. The van der Waals surface area contributed by atoms with Crippen molar-refractivity contribution in [2.24, 2.45) is 34.8 Å². The van der Waals surface area contributed by atoms with Crippen LogP contribution >= 0.6 is 0 Å². The number of likely N-dealkylation sites (tertiary alicyclic amines) is 1. The Hall–Kier alpha value is -3.48. The van der Waals surface area contributed by atoms with Gasteiger partial charge >= 0.3 is 6.03 Å². The van der Waals surface area contributed by atoms with Crippen molar-refractivity contribution < 1.29 is 32.4 Å². The lowest BCUT2D eigenvalue weighted by atomic mass is 9.71. The van der Waals surface area contributed by atoms with Gasteiger partial charge in [-0.05, 0) is 66.9 Å². The number of nitrogens with one attached hydrogen (secondary N) is 3. The quantitative estimate of drug-likeness (QED) is 0.214. The van der Waals surface area contributed by atoms with Gasteiger partial charge in [-0.25, -0.2) is 13.2 Å². The third-order valence-electron chi connectivity index (χ3n) is 10.9. The number of primary amides is 1. The second-order valence-electron chi connectivity index (χ2n) is 15.5. The van der Waals surface area contributed by atoms with Crippen molar-refractivity contribution in [1.29, 1.82) is 0 Å². The molecule has 272 valence electrons. The molecule has 3 fully saturated rings. The molecule has 3 aliphatic rings. The van der Waals surface area contributed by atoms with E-state index in [2.05, 4.69) is 16.0 Å². The van der Waals surface area contributed by atoms with Gasteiger partial charge in [-0.15, -0.1) is 0 Å². The van der Waals surface area contributed by atoms with E-state index in [9.17, 15) is 32.4 Å². The van der Waals surface area contributed by atoms with E-state index in [0.717, 1.165) is 44.9 Å². The number of Topliss-reactive ketones (excluding diaryl/α,β-unsaturated/α-hetero) is 1. The summed E-state index contributed by atoms with van der Waals surface area (Å²) < 4.78 is 26.4. The van der Waals surface area contributed by atoms with Crippen LogP contribution in [-0.4, -0.2) is 79.3 Å². The number of benzene rings is 1. The summed E-state index contributed by atoms with van der Waals surface area (Å²) in [6.07, 6.45) is 6.70. The summed E-state index contributed by atoms with van der Waals surface area (Å²) in [6, 6.07) is 3.77. The van der Waals surface area contributed by atoms with Gasteiger partial charge in [0, 0.05) is 12.6 Å². The molecule has 0 aromatic heterocycles. The molecule has 49 heavy (non-hydrogen) atoms. The molecule has 5 amide bonds. The molecule has 2 aliphatic carbocycles. The zero-order valence-electron chi connectivity index (χ0n) is 29.6. The van der Waals surface area contributed by atoms with Crippen molar-refractivity contribution >= 4 is 39.4 Å². The molecule has 2 saturated carbocycles. The first-order valence-corrected chi connectivity index (χ1v) is 19.4. The van der Waals surface area contributed by atoms with E-state index in [4.69, 9.17) is 5.73 Å². The highest BCUT2D eigenvalue weighted by molar-refractivity contribution is 7.91. The van der Waals surface area contributed by atoms with E-state index < -0.39 is 57.6 Å². The van der Waals surface area contributed by atoms with Crippen LogP contribution in [0, 0.1) is 29.1 Å². The van der Waals surface area contributed by atoms with Gasteiger partial charge in [0.05, 0.1) is 16.7 Å². The molecular formula is C36H55N5O7S. The Kier molecular flexibility index (Phi) is 12.5. The normalized spacial score (nSPS) is 23.2. The molecule has 0 spiro atoms. The van der Waals surface area contributed by atoms with Gasteiger partial charge in [0.1, 0.15) is 12.1 Å². The van der Waals surface area contributed by atoms with Crippen LogP contribution in [0.25, 0.3) is 0 Å². The number of hydrogen-bond acceptors (Lipinski definition) is 7. The average molecular weight is 702 g/mol. The van der Waals surface area contributed by atoms with Crippen LogP contribution in [0.2, 0.25) is 0 Å². The zero-order chi connectivity index (χ0) is 36.1. The summed E-state index contributed by atoms with van der Waals surface area (Å²) in [7, 11) is -3.71. The average Bonchev–Trinajstić information content (AvgIpc) is 3.88. The predicted octanol–water partition coefficient (Wildman–Crippen LogP) is 3.34. The molecule has 5 N–H and O–H groups in total.